The molecule has 0 radical (unpaired) electrons. The molecule has 7 heteroatoms. The third-order valence-corrected chi connectivity index (χ3v) is 4.92. The van der Waals surface area contributed by atoms with Crippen molar-refractivity contribution in [2.24, 2.45) is 0 Å². The normalized spacial score (nSPS) is 20.5. The first kappa shape index (κ1) is 20.2. The number of alkyl halides is 3. The van der Waals surface area contributed by atoms with Gasteiger partial charge in [0.1, 0.15) is 18.0 Å². The van der Waals surface area contributed by atoms with Crippen molar-refractivity contribution < 1.29 is 27.8 Å². The third-order valence-electron chi connectivity index (χ3n) is 4.92. The monoisotopic (exact) mass is 393 g/mol. The Morgan fingerprint density at radius 1 is 1.04 bits per heavy atom. The van der Waals surface area contributed by atoms with Crippen molar-refractivity contribution in [3.63, 3.8) is 0 Å². The van der Waals surface area contributed by atoms with Gasteiger partial charge < -0.3 is 14.7 Å². The fourth-order valence-electron chi connectivity index (χ4n) is 3.35. The summed E-state index contributed by atoms with van der Waals surface area (Å²) in [5.41, 5.74) is -2.43. The van der Waals surface area contributed by atoms with Gasteiger partial charge in [-0.1, -0.05) is 30.3 Å². The van der Waals surface area contributed by atoms with Gasteiger partial charge in [-0.05, 0) is 43.5 Å². The maximum Gasteiger partial charge on any atom is 0.417 e. The number of hydrogen-bond acceptors (Lipinski definition) is 3. The molecule has 1 amide bonds. The first-order valence-electron chi connectivity index (χ1n) is 9.14. The Morgan fingerprint density at radius 2 is 1.71 bits per heavy atom. The molecule has 1 aliphatic heterocycles. The number of aliphatic hydroxyl groups is 1. The molecule has 0 aromatic heterocycles. The van der Waals surface area contributed by atoms with Crippen LogP contribution in [0.3, 0.4) is 0 Å². The topological polar surface area (TPSA) is 49.8 Å². The van der Waals surface area contributed by atoms with Crippen LogP contribution < -0.4 is 4.74 Å². The van der Waals surface area contributed by atoms with E-state index in [-0.39, 0.29) is 25.1 Å². The summed E-state index contributed by atoms with van der Waals surface area (Å²) in [6.07, 6.45) is -3.47. The molecule has 3 rings (SSSR count). The van der Waals surface area contributed by atoms with Gasteiger partial charge in [0.2, 0.25) is 0 Å². The second-order valence-corrected chi connectivity index (χ2v) is 7.02. The fraction of sp³-hybridized carbons (Fsp3) is 0.381. The van der Waals surface area contributed by atoms with Gasteiger partial charge in [0.05, 0.1) is 11.1 Å². The van der Waals surface area contributed by atoms with Crippen LogP contribution >= 0.6 is 0 Å². The molecule has 1 unspecified atom stereocenters. The van der Waals surface area contributed by atoms with E-state index in [1.807, 2.05) is 18.2 Å². The van der Waals surface area contributed by atoms with Crippen LogP contribution in [0.4, 0.5) is 13.2 Å². The van der Waals surface area contributed by atoms with Gasteiger partial charge in [0.25, 0.3) is 5.91 Å². The van der Waals surface area contributed by atoms with Gasteiger partial charge in [0.15, 0.2) is 0 Å². The van der Waals surface area contributed by atoms with Gasteiger partial charge in [-0.15, -0.1) is 0 Å². The first-order valence-corrected chi connectivity index (χ1v) is 9.14. The second-order valence-electron chi connectivity index (χ2n) is 7.02. The number of amides is 1. The van der Waals surface area contributed by atoms with Crippen molar-refractivity contribution in [3.05, 3.63) is 65.7 Å². The van der Waals surface area contributed by atoms with Gasteiger partial charge in [-0.2, -0.15) is 13.2 Å². The van der Waals surface area contributed by atoms with E-state index in [1.54, 1.807) is 12.1 Å². The summed E-state index contributed by atoms with van der Waals surface area (Å²) in [5.74, 6) is -0.0339. The number of rotatable bonds is 4. The molecule has 1 heterocycles. The first-order chi connectivity index (χ1) is 13.3. The Labute approximate surface area is 161 Å². The highest BCUT2D eigenvalue weighted by Gasteiger charge is 2.37. The predicted molar refractivity (Wildman–Crippen MR) is 98.1 cm³/mol. The SMILES string of the molecule is O=C(c1ccccc1C(F)(F)F)N1CCCC(O)(COc2ccccc2)CC1. The lowest BCUT2D eigenvalue weighted by atomic mass is 9.96. The molecule has 0 spiro atoms. The molecule has 1 N–H and O–H groups in total. The van der Waals surface area contributed by atoms with Crippen molar-refractivity contribution in [3.8, 4) is 5.75 Å². The van der Waals surface area contributed by atoms with Crippen LogP contribution in [0.15, 0.2) is 54.6 Å². The number of likely N-dealkylation sites (tertiary alicyclic amines) is 1. The Morgan fingerprint density at radius 3 is 2.43 bits per heavy atom. The average Bonchev–Trinajstić information content (AvgIpc) is 2.88. The lowest BCUT2D eigenvalue weighted by molar-refractivity contribution is -0.138. The molecule has 0 saturated carbocycles. The van der Waals surface area contributed by atoms with E-state index in [0.29, 0.717) is 25.1 Å². The zero-order valence-electron chi connectivity index (χ0n) is 15.3. The standard InChI is InChI=1S/C21H22F3NO3/c22-21(23,24)18-10-5-4-9-17(18)19(26)25-13-6-11-20(27,12-14-25)15-28-16-7-2-1-3-8-16/h1-5,7-10,27H,6,11-15H2. The predicted octanol–water partition coefficient (Wildman–Crippen LogP) is 4.14. The third kappa shape index (κ3) is 4.84. The minimum Gasteiger partial charge on any atom is -0.491 e. The molecule has 150 valence electrons. The van der Waals surface area contributed by atoms with E-state index >= 15 is 0 Å². The van der Waals surface area contributed by atoms with Gasteiger partial charge in [-0.25, -0.2) is 0 Å². The summed E-state index contributed by atoms with van der Waals surface area (Å²) in [7, 11) is 0. The Hall–Kier alpha value is -2.54. The van der Waals surface area contributed by atoms with E-state index in [4.69, 9.17) is 4.74 Å². The molecule has 1 atom stereocenters. The van der Waals surface area contributed by atoms with E-state index in [0.717, 1.165) is 6.07 Å². The van der Waals surface area contributed by atoms with Crippen LogP contribution in [0.5, 0.6) is 5.75 Å². The number of para-hydroxylation sites is 1. The van der Waals surface area contributed by atoms with Crippen LogP contribution in [0, 0.1) is 0 Å². The molecular weight excluding hydrogens is 371 g/mol. The molecule has 0 bridgehead atoms. The number of hydrogen-bond donors (Lipinski definition) is 1. The lowest BCUT2D eigenvalue weighted by Gasteiger charge is -2.27. The summed E-state index contributed by atoms with van der Waals surface area (Å²) in [6.45, 7) is 0.524. The van der Waals surface area contributed by atoms with E-state index < -0.39 is 23.2 Å². The lowest BCUT2D eigenvalue weighted by Crippen LogP contribution is -2.38. The number of ether oxygens (including phenoxy) is 1. The summed E-state index contributed by atoms with van der Waals surface area (Å²) >= 11 is 0. The Bertz CT molecular complexity index is 810. The second kappa shape index (κ2) is 8.22. The average molecular weight is 393 g/mol. The van der Waals surface area contributed by atoms with E-state index in [2.05, 4.69) is 0 Å². The maximum atomic E-state index is 13.2. The highest BCUT2D eigenvalue weighted by atomic mass is 19.4. The highest BCUT2D eigenvalue weighted by Crippen LogP contribution is 2.33. The van der Waals surface area contributed by atoms with Gasteiger partial charge in [0, 0.05) is 13.1 Å². The number of benzene rings is 2. The van der Waals surface area contributed by atoms with Crippen molar-refractivity contribution in [2.45, 2.75) is 31.0 Å². The fourth-order valence-corrected chi connectivity index (χ4v) is 3.35. The quantitative estimate of drug-likeness (QED) is 0.849. The number of carbonyl (C=O) groups is 1. The largest absolute Gasteiger partial charge is 0.491 e. The molecule has 1 fully saturated rings. The molecule has 4 nitrogen and oxygen atoms in total. The molecule has 0 aliphatic carbocycles. The van der Waals surface area contributed by atoms with Crippen molar-refractivity contribution >= 4 is 5.91 Å². The molecule has 1 saturated heterocycles. The molecule has 28 heavy (non-hydrogen) atoms. The Balaban J connectivity index is 1.67. The molecular formula is C21H22F3NO3. The Kier molecular flexibility index (Phi) is 5.93. The highest BCUT2D eigenvalue weighted by molar-refractivity contribution is 5.96. The molecule has 2 aromatic carbocycles. The zero-order chi connectivity index (χ0) is 20.2. The van der Waals surface area contributed by atoms with Gasteiger partial charge >= 0.3 is 6.18 Å². The summed E-state index contributed by atoms with van der Waals surface area (Å²) in [4.78, 5) is 14.1. The minimum absolute atomic E-state index is 0.0676. The maximum absolute atomic E-state index is 13.2. The smallest absolute Gasteiger partial charge is 0.417 e. The van der Waals surface area contributed by atoms with Crippen LogP contribution in [0.1, 0.15) is 35.2 Å². The van der Waals surface area contributed by atoms with Crippen molar-refractivity contribution in [2.75, 3.05) is 19.7 Å². The van der Waals surface area contributed by atoms with Crippen molar-refractivity contribution in [1.82, 2.24) is 4.90 Å². The van der Waals surface area contributed by atoms with Crippen LogP contribution in [-0.4, -0.2) is 41.2 Å². The zero-order valence-corrected chi connectivity index (χ0v) is 15.3. The number of nitrogens with zero attached hydrogens (tertiary/aromatic N) is 1. The minimum atomic E-state index is -4.59. The van der Waals surface area contributed by atoms with E-state index in [1.165, 1.54) is 23.1 Å². The number of halogens is 3. The number of carbonyl (C=O) groups excluding carboxylic acids is 1. The summed E-state index contributed by atoms with van der Waals surface area (Å²) in [5, 5.41) is 10.8. The van der Waals surface area contributed by atoms with Crippen LogP contribution in [-0.2, 0) is 6.18 Å². The van der Waals surface area contributed by atoms with Crippen LogP contribution in [0.25, 0.3) is 0 Å². The molecule has 1 aliphatic rings. The molecule has 2 aromatic rings. The van der Waals surface area contributed by atoms with E-state index in [9.17, 15) is 23.1 Å². The van der Waals surface area contributed by atoms with Gasteiger partial charge in [-0.3, -0.25) is 4.79 Å². The summed E-state index contributed by atoms with van der Waals surface area (Å²) < 4.78 is 45.3. The van der Waals surface area contributed by atoms with Crippen LogP contribution in [0.2, 0.25) is 0 Å². The summed E-state index contributed by atoms with van der Waals surface area (Å²) in [6, 6.07) is 13.9. The van der Waals surface area contributed by atoms with Crippen molar-refractivity contribution in [1.29, 1.82) is 0 Å².